The van der Waals surface area contributed by atoms with Gasteiger partial charge in [-0.15, -0.1) is 0 Å². The molecule has 2 unspecified atom stereocenters. The molecule has 0 bridgehead atoms. The zero-order chi connectivity index (χ0) is 27.5. The average molecular weight is 532 g/mol. The van der Waals surface area contributed by atoms with Crippen molar-refractivity contribution in [1.29, 1.82) is 0 Å². The van der Waals surface area contributed by atoms with Crippen LogP contribution in [0.5, 0.6) is 0 Å². The monoisotopic (exact) mass is 532 g/mol. The average Bonchev–Trinajstić information content (AvgIpc) is 3.42. The molecule has 0 aliphatic heterocycles. The number of nitrogens with zero attached hydrogens (tertiary/aromatic N) is 1. The van der Waals surface area contributed by atoms with Gasteiger partial charge in [0, 0.05) is 0 Å². The third-order valence-electron chi connectivity index (χ3n) is 8.89. The molecular weight excluding hydrogens is 460 g/mol. The maximum Gasteiger partial charge on any atom is 0.257 e. The van der Waals surface area contributed by atoms with Gasteiger partial charge in [0.05, 0.1) is 12.0 Å². The van der Waals surface area contributed by atoms with Crippen molar-refractivity contribution in [1.82, 2.24) is 4.98 Å². The van der Waals surface area contributed by atoms with Crippen LogP contribution in [-0.2, 0) is 0 Å². The van der Waals surface area contributed by atoms with E-state index < -0.39 is 0 Å². The number of hydrogen-bond donors (Lipinski definition) is 1. The molecule has 0 saturated heterocycles. The van der Waals surface area contributed by atoms with Gasteiger partial charge in [-0.2, -0.15) is 0 Å². The molecule has 1 aromatic heterocycles. The number of rotatable bonds is 29. The van der Waals surface area contributed by atoms with Gasteiger partial charge in [-0.05, 0) is 32.6 Å². The van der Waals surface area contributed by atoms with E-state index in [0.29, 0.717) is 12.0 Å². The maximum absolute atomic E-state index is 3.70. The minimum atomic E-state index is 0.622. The van der Waals surface area contributed by atoms with E-state index in [2.05, 4.69) is 49.6 Å². The fraction of sp³-hybridized carbons (Fsp3) is 0.917. The molecule has 0 amide bonds. The molecule has 0 aromatic carbocycles. The van der Waals surface area contributed by atoms with Gasteiger partial charge in [0.1, 0.15) is 12.4 Å². The van der Waals surface area contributed by atoms with Gasteiger partial charge in [-0.1, -0.05) is 168 Å². The Balaban J connectivity index is 2.27. The molecule has 0 saturated carbocycles. The van der Waals surface area contributed by atoms with Crippen molar-refractivity contribution in [2.24, 2.45) is 0 Å². The Labute approximate surface area is 240 Å². The van der Waals surface area contributed by atoms with Crippen LogP contribution < -0.4 is 4.57 Å². The summed E-state index contributed by atoms with van der Waals surface area (Å²) in [5.41, 5.74) is 0. The molecule has 1 heterocycles. The molecular formula is C36H71N2+. The van der Waals surface area contributed by atoms with Crippen LogP contribution in [0.2, 0.25) is 0 Å². The quantitative estimate of drug-likeness (QED) is 0.0783. The summed E-state index contributed by atoms with van der Waals surface area (Å²) in [5, 5.41) is 0. The Bertz CT molecular complexity index is 592. The SMILES string of the molecule is CCCCCCCCCCCCCCCCCC(CCCCCC)c1[nH]cc[n+]1C(C)CCCCCCC. The van der Waals surface area contributed by atoms with Gasteiger partial charge in [-0.3, -0.25) is 0 Å². The molecule has 0 aliphatic carbocycles. The van der Waals surface area contributed by atoms with E-state index in [9.17, 15) is 0 Å². The van der Waals surface area contributed by atoms with Crippen molar-refractivity contribution in [2.75, 3.05) is 0 Å². The second kappa shape index (κ2) is 26.4. The highest BCUT2D eigenvalue weighted by Gasteiger charge is 2.25. The Hall–Kier alpha value is -0.790. The molecule has 2 heteroatoms. The van der Waals surface area contributed by atoms with E-state index in [-0.39, 0.29) is 0 Å². The number of unbranched alkanes of at least 4 members (excludes halogenated alkanes) is 21. The Morgan fingerprint density at radius 1 is 0.500 bits per heavy atom. The number of nitrogens with one attached hydrogen (secondary N) is 1. The fourth-order valence-electron chi connectivity index (χ4n) is 6.25. The Kier molecular flexibility index (Phi) is 24.5. The van der Waals surface area contributed by atoms with Crippen LogP contribution in [0.15, 0.2) is 12.4 Å². The lowest BCUT2D eigenvalue weighted by Gasteiger charge is -2.17. The van der Waals surface area contributed by atoms with Crippen LogP contribution in [0.3, 0.4) is 0 Å². The minimum absolute atomic E-state index is 0.622. The molecule has 38 heavy (non-hydrogen) atoms. The molecule has 224 valence electrons. The fourth-order valence-corrected chi connectivity index (χ4v) is 6.25. The van der Waals surface area contributed by atoms with Crippen LogP contribution in [0, 0.1) is 0 Å². The van der Waals surface area contributed by atoms with Gasteiger partial charge in [0.15, 0.2) is 0 Å². The first-order valence-electron chi connectivity index (χ1n) is 17.8. The molecule has 0 radical (unpaired) electrons. The van der Waals surface area contributed by atoms with Crippen molar-refractivity contribution < 1.29 is 4.57 Å². The predicted molar refractivity (Wildman–Crippen MR) is 170 cm³/mol. The first-order valence-corrected chi connectivity index (χ1v) is 17.8. The molecule has 1 N–H and O–H groups in total. The summed E-state index contributed by atoms with van der Waals surface area (Å²) < 4.78 is 2.61. The van der Waals surface area contributed by atoms with Crippen LogP contribution in [-0.4, -0.2) is 4.98 Å². The summed E-state index contributed by atoms with van der Waals surface area (Å²) in [5.74, 6) is 2.24. The number of imidazole rings is 1. The van der Waals surface area contributed by atoms with Crippen LogP contribution >= 0.6 is 0 Å². The second-order valence-corrected chi connectivity index (χ2v) is 12.6. The van der Waals surface area contributed by atoms with Gasteiger partial charge in [0.2, 0.25) is 0 Å². The van der Waals surface area contributed by atoms with Crippen molar-refractivity contribution in [2.45, 2.75) is 213 Å². The zero-order valence-corrected chi connectivity index (χ0v) is 26.8. The third kappa shape index (κ3) is 18.5. The third-order valence-corrected chi connectivity index (χ3v) is 8.89. The van der Waals surface area contributed by atoms with E-state index in [1.165, 1.54) is 179 Å². The number of aromatic nitrogens is 2. The lowest BCUT2D eigenvalue weighted by Crippen LogP contribution is -2.41. The smallest absolute Gasteiger partial charge is 0.247 e. The highest BCUT2D eigenvalue weighted by molar-refractivity contribution is 4.90. The molecule has 2 nitrogen and oxygen atoms in total. The van der Waals surface area contributed by atoms with Crippen LogP contribution in [0.1, 0.15) is 219 Å². The summed E-state index contributed by atoms with van der Waals surface area (Å²) in [6, 6.07) is 0.622. The van der Waals surface area contributed by atoms with Gasteiger partial charge < -0.3 is 0 Å². The number of H-pyrrole nitrogens is 1. The Morgan fingerprint density at radius 3 is 1.26 bits per heavy atom. The molecule has 1 aromatic rings. The van der Waals surface area contributed by atoms with E-state index >= 15 is 0 Å². The summed E-state index contributed by atoms with van der Waals surface area (Å²) in [7, 11) is 0. The molecule has 0 aliphatic rings. The van der Waals surface area contributed by atoms with Crippen molar-refractivity contribution in [3.8, 4) is 0 Å². The summed E-state index contributed by atoms with van der Waals surface area (Å²) in [6.07, 6.45) is 42.8. The number of aromatic amines is 1. The van der Waals surface area contributed by atoms with Crippen LogP contribution in [0.25, 0.3) is 0 Å². The summed E-state index contributed by atoms with van der Waals surface area (Å²) >= 11 is 0. The van der Waals surface area contributed by atoms with Crippen molar-refractivity contribution >= 4 is 0 Å². The molecule has 2 atom stereocenters. The number of hydrogen-bond acceptors (Lipinski definition) is 0. The van der Waals surface area contributed by atoms with E-state index in [4.69, 9.17) is 0 Å². The standard InChI is InChI=1S/C36H70N2/c1-5-8-11-14-15-16-17-18-19-20-21-22-23-25-28-31-35(30-27-13-10-7-3)36-37-32-33-38(36)34(4)29-26-24-12-9-6-2/h32-35H,5-31H2,1-4H3/p+1. The molecule has 0 spiro atoms. The lowest BCUT2D eigenvalue weighted by molar-refractivity contribution is -0.727. The lowest BCUT2D eigenvalue weighted by atomic mass is 9.93. The first kappa shape index (κ1) is 35.2. The first-order chi connectivity index (χ1) is 18.7. The summed E-state index contributed by atoms with van der Waals surface area (Å²) in [4.78, 5) is 3.70. The summed E-state index contributed by atoms with van der Waals surface area (Å²) in [6.45, 7) is 9.39. The van der Waals surface area contributed by atoms with Crippen molar-refractivity contribution in [3.63, 3.8) is 0 Å². The second-order valence-electron chi connectivity index (χ2n) is 12.6. The van der Waals surface area contributed by atoms with E-state index in [1.54, 1.807) is 0 Å². The van der Waals surface area contributed by atoms with Gasteiger partial charge in [-0.25, -0.2) is 9.55 Å². The van der Waals surface area contributed by atoms with E-state index in [0.717, 1.165) is 0 Å². The van der Waals surface area contributed by atoms with Crippen LogP contribution in [0.4, 0.5) is 0 Å². The Morgan fingerprint density at radius 2 is 0.842 bits per heavy atom. The van der Waals surface area contributed by atoms with Crippen molar-refractivity contribution in [3.05, 3.63) is 18.2 Å². The zero-order valence-electron chi connectivity index (χ0n) is 26.8. The topological polar surface area (TPSA) is 19.7 Å². The highest BCUT2D eigenvalue weighted by atomic mass is 15.1. The largest absolute Gasteiger partial charge is 0.257 e. The van der Waals surface area contributed by atoms with Gasteiger partial charge >= 0.3 is 0 Å². The normalized spacial score (nSPS) is 13.3. The molecule has 1 rings (SSSR count). The van der Waals surface area contributed by atoms with E-state index in [1.807, 2.05) is 0 Å². The highest BCUT2D eigenvalue weighted by Crippen LogP contribution is 2.27. The van der Waals surface area contributed by atoms with Gasteiger partial charge in [0.25, 0.3) is 5.82 Å². The molecule has 0 fully saturated rings. The minimum Gasteiger partial charge on any atom is -0.247 e. The predicted octanol–water partition coefficient (Wildman–Crippen LogP) is 12.5. The maximum atomic E-state index is 3.70.